The van der Waals surface area contributed by atoms with Crippen LogP contribution in [0.4, 0.5) is 0 Å². The highest BCUT2D eigenvalue weighted by atomic mass is 14.6. The molecule has 0 aliphatic heterocycles. The summed E-state index contributed by atoms with van der Waals surface area (Å²) in [5.74, 6) is 4.98. The lowest BCUT2D eigenvalue weighted by atomic mass is 9.43. The van der Waals surface area contributed by atoms with E-state index in [1.165, 1.54) is 57.8 Å². The predicted molar refractivity (Wildman–Crippen MR) is 99.9 cm³/mol. The SMILES string of the molecule is C#C.C=C1CCC2C3C(C)CC4CCCC[C@]4(C)C3CC[C@]12C. The third-order valence-corrected chi connectivity index (χ3v) is 8.90. The fourth-order valence-corrected chi connectivity index (χ4v) is 7.58. The molecule has 4 saturated carbocycles. The fraction of sp³-hybridized carbons (Fsp3) is 0.826. The van der Waals surface area contributed by atoms with E-state index in [2.05, 4.69) is 40.2 Å². The van der Waals surface area contributed by atoms with E-state index in [4.69, 9.17) is 0 Å². The van der Waals surface area contributed by atoms with E-state index < -0.39 is 0 Å². The first-order valence-corrected chi connectivity index (χ1v) is 9.98. The van der Waals surface area contributed by atoms with Crippen LogP contribution in [0.25, 0.3) is 0 Å². The molecule has 128 valence electrons. The molecule has 4 aliphatic carbocycles. The van der Waals surface area contributed by atoms with Gasteiger partial charge in [0.05, 0.1) is 0 Å². The van der Waals surface area contributed by atoms with Crippen molar-refractivity contribution in [3.05, 3.63) is 12.2 Å². The summed E-state index contributed by atoms with van der Waals surface area (Å²) in [4.78, 5) is 0. The van der Waals surface area contributed by atoms with Gasteiger partial charge in [-0.25, -0.2) is 0 Å². The molecule has 0 N–H and O–H groups in total. The van der Waals surface area contributed by atoms with Crippen molar-refractivity contribution >= 4 is 0 Å². The molecule has 0 nitrogen and oxygen atoms in total. The Labute approximate surface area is 144 Å². The summed E-state index contributed by atoms with van der Waals surface area (Å²) in [7, 11) is 0. The average Bonchev–Trinajstić information content (AvgIpc) is 2.86. The third kappa shape index (κ3) is 2.33. The topological polar surface area (TPSA) is 0 Å². The van der Waals surface area contributed by atoms with Gasteiger partial charge in [-0.15, -0.1) is 12.8 Å². The van der Waals surface area contributed by atoms with Gasteiger partial charge in [0, 0.05) is 0 Å². The van der Waals surface area contributed by atoms with Crippen LogP contribution in [0.15, 0.2) is 12.2 Å². The maximum Gasteiger partial charge on any atom is -0.00878 e. The Kier molecular flexibility index (Phi) is 4.46. The van der Waals surface area contributed by atoms with Crippen molar-refractivity contribution in [2.24, 2.45) is 40.4 Å². The van der Waals surface area contributed by atoms with Crippen LogP contribution in [0, 0.1) is 53.3 Å². The van der Waals surface area contributed by atoms with Crippen LogP contribution in [0.1, 0.15) is 78.6 Å². The molecule has 0 heteroatoms. The molecular weight excluding hydrogens is 276 g/mol. The summed E-state index contributed by atoms with van der Waals surface area (Å²) in [5, 5.41) is 0. The normalized spacial score (nSPS) is 51.7. The fourth-order valence-electron chi connectivity index (χ4n) is 7.58. The summed E-state index contributed by atoms with van der Waals surface area (Å²) >= 11 is 0. The van der Waals surface area contributed by atoms with Crippen LogP contribution >= 0.6 is 0 Å². The third-order valence-electron chi connectivity index (χ3n) is 8.90. The van der Waals surface area contributed by atoms with Crippen LogP contribution in [-0.2, 0) is 0 Å². The largest absolute Gasteiger partial charge is 0.124 e. The van der Waals surface area contributed by atoms with E-state index in [9.17, 15) is 0 Å². The molecule has 0 radical (unpaired) electrons. The van der Waals surface area contributed by atoms with Gasteiger partial charge >= 0.3 is 0 Å². The van der Waals surface area contributed by atoms with E-state index >= 15 is 0 Å². The molecule has 7 atom stereocenters. The van der Waals surface area contributed by atoms with Crippen LogP contribution in [0.5, 0.6) is 0 Å². The maximum absolute atomic E-state index is 4.47. The smallest absolute Gasteiger partial charge is 0.00878 e. The standard InChI is InChI=1S/C21H34.C2H2/c1-14-13-16-7-5-6-11-21(16,4)18-10-12-20(3)15(2)8-9-17(20)19(14)18;1-2/h14,16-19H,2,5-13H2,1,3-4H3;1-2H/t14?,16?,17?,18?,19?,20-,21+;/m1./s1. The molecular formula is C23H36. The van der Waals surface area contributed by atoms with Crippen LogP contribution in [-0.4, -0.2) is 0 Å². The summed E-state index contributed by atoms with van der Waals surface area (Å²) in [6.45, 7) is 12.3. The minimum Gasteiger partial charge on any atom is -0.124 e. The lowest BCUT2D eigenvalue weighted by Crippen LogP contribution is -2.54. The zero-order valence-electron chi connectivity index (χ0n) is 15.6. The lowest BCUT2D eigenvalue weighted by Gasteiger charge is -2.62. The second-order valence-electron chi connectivity index (χ2n) is 9.55. The highest BCUT2D eigenvalue weighted by Crippen LogP contribution is 2.68. The van der Waals surface area contributed by atoms with Crippen molar-refractivity contribution in [1.29, 1.82) is 0 Å². The molecule has 0 aromatic carbocycles. The highest BCUT2D eigenvalue weighted by Gasteiger charge is 2.59. The first kappa shape index (κ1) is 17.1. The van der Waals surface area contributed by atoms with E-state index in [-0.39, 0.29) is 0 Å². The first-order chi connectivity index (χ1) is 11.0. The summed E-state index contributed by atoms with van der Waals surface area (Å²) in [5.41, 5.74) is 2.77. The number of allylic oxidation sites excluding steroid dienone is 1. The molecule has 4 aliphatic rings. The van der Waals surface area contributed by atoms with Crippen molar-refractivity contribution in [1.82, 2.24) is 0 Å². The van der Waals surface area contributed by atoms with E-state index in [1.54, 1.807) is 5.57 Å². The second kappa shape index (κ2) is 5.98. The molecule has 0 heterocycles. The van der Waals surface area contributed by atoms with Gasteiger partial charge in [0.25, 0.3) is 0 Å². The van der Waals surface area contributed by atoms with Crippen molar-refractivity contribution in [3.63, 3.8) is 0 Å². The molecule has 4 fully saturated rings. The minimum atomic E-state index is 0.493. The van der Waals surface area contributed by atoms with Gasteiger partial charge in [-0.2, -0.15) is 0 Å². The van der Waals surface area contributed by atoms with Crippen molar-refractivity contribution < 1.29 is 0 Å². The van der Waals surface area contributed by atoms with E-state index in [1.807, 2.05) is 0 Å². The molecule has 0 aromatic rings. The Hall–Kier alpha value is -0.700. The van der Waals surface area contributed by atoms with Crippen molar-refractivity contribution in [2.45, 2.75) is 78.6 Å². The van der Waals surface area contributed by atoms with Crippen LogP contribution in [0.3, 0.4) is 0 Å². The lowest BCUT2D eigenvalue weighted by molar-refractivity contribution is -0.123. The van der Waals surface area contributed by atoms with Gasteiger partial charge in [0.15, 0.2) is 0 Å². The van der Waals surface area contributed by atoms with Crippen LogP contribution < -0.4 is 0 Å². The van der Waals surface area contributed by atoms with Gasteiger partial charge < -0.3 is 0 Å². The predicted octanol–water partition coefficient (Wildman–Crippen LogP) is 6.47. The molecule has 23 heavy (non-hydrogen) atoms. The van der Waals surface area contributed by atoms with Gasteiger partial charge in [-0.1, -0.05) is 45.8 Å². The molecule has 0 bridgehead atoms. The van der Waals surface area contributed by atoms with E-state index in [0.717, 1.165) is 29.6 Å². The van der Waals surface area contributed by atoms with Crippen LogP contribution in [0.2, 0.25) is 0 Å². The van der Waals surface area contributed by atoms with Gasteiger partial charge in [-0.3, -0.25) is 0 Å². The zero-order valence-corrected chi connectivity index (χ0v) is 15.6. The Morgan fingerprint density at radius 3 is 2.48 bits per heavy atom. The zero-order chi connectivity index (χ0) is 16.8. The number of hydrogen-bond acceptors (Lipinski definition) is 0. The second-order valence-corrected chi connectivity index (χ2v) is 9.55. The van der Waals surface area contributed by atoms with E-state index in [0.29, 0.717) is 10.8 Å². The summed E-state index contributed by atoms with van der Waals surface area (Å²) in [6.07, 6.45) is 21.3. The number of terminal acetylenes is 1. The summed E-state index contributed by atoms with van der Waals surface area (Å²) in [6, 6.07) is 0. The van der Waals surface area contributed by atoms with Crippen molar-refractivity contribution in [2.75, 3.05) is 0 Å². The Morgan fingerprint density at radius 1 is 1.00 bits per heavy atom. The molecule has 0 amide bonds. The first-order valence-electron chi connectivity index (χ1n) is 9.98. The Bertz CT molecular complexity index is 486. The average molecular weight is 313 g/mol. The van der Waals surface area contributed by atoms with Gasteiger partial charge in [0.2, 0.25) is 0 Å². The molecule has 5 unspecified atom stereocenters. The monoisotopic (exact) mass is 312 g/mol. The van der Waals surface area contributed by atoms with Gasteiger partial charge in [-0.05, 0) is 85.4 Å². The number of fused-ring (bicyclic) bond motifs is 5. The van der Waals surface area contributed by atoms with Gasteiger partial charge in [0.1, 0.15) is 0 Å². The molecule has 0 aromatic heterocycles. The summed E-state index contributed by atoms with van der Waals surface area (Å²) < 4.78 is 0. The molecule has 4 rings (SSSR count). The Balaban J connectivity index is 0.000000753. The highest BCUT2D eigenvalue weighted by molar-refractivity contribution is 5.21. The Morgan fingerprint density at radius 2 is 1.74 bits per heavy atom. The number of hydrogen-bond donors (Lipinski definition) is 0. The maximum atomic E-state index is 4.47. The van der Waals surface area contributed by atoms with Crippen molar-refractivity contribution in [3.8, 4) is 12.8 Å². The quantitative estimate of drug-likeness (QED) is 0.355. The molecule has 0 saturated heterocycles. The molecule has 0 spiro atoms. The minimum absolute atomic E-state index is 0.493. The number of rotatable bonds is 0.